The Balaban J connectivity index is 2.19. The second kappa shape index (κ2) is 11.1. The van der Waals surface area contributed by atoms with E-state index in [0.717, 1.165) is 0 Å². The van der Waals surface area contributed by atoms with Crippen LogP contribution in [0.4, 0.5) is 0 Å². The van der Waals surface area contributed by atoms with Gasteiger partial charge in [-0.2, -0.15) is 25.3 Å². The maximum atomic E-state index is 10.8. The van der Waals surface area contributed by atoms with Crippen molar-refractivity contribution in [1.82, 2.24) is 0 Å². The molecule has 1 aromatic carbocycles. The number of carbonyl (C=O) groups excluding carboxylic acids is 2. The Hall–Kier alpha value is -1.54. The number of thiol groups is 2. The van der Waals surface area contributed by atoms with Gasteiger partial charge in [0, 0.05) is 0 Å². The molecular weight excluding hydrogens is 328 g/mol. The van der Waals surface area contributed by atoms with E-state index in [2.05, 4.69) is 25.3 Å². The van der Waals surface area contributed by atoms with Crippen molar-refractivity contribution in [2.45, 2.75) is 0 Å². The summed E-state index contributed by atoms with van der Waals surface area (Å²) in [6.45, 7) is 0.876. The smallest absolute Gasteiger partial charge is 0.315 e. The first kappa shape index (κ1) is 18.5. The molecule has 0 amide bonds. The molecule has 1 rings (SSSR count). The topological polar surface area (TPSA) is 71.1 Å². The van der Waals surface area contributed by atoms with E-state index in [0.29, 0.717) is 11.5 Å². The quantitative estimate of drug-likeness (QED) is 0.379. The van der Waals surface area contributed by atoms with Crippen molar-refractivity contribution in [3.63, 3.8) is 0 Å². The van der Waals surface area contributed by atoms with E-state index in [1.165, 1.54) is 0 Å². The Kier molecular flexibility index (Phi) is 9.33. The second-order valence-corrected chi connectivity index (χ2v) is 4.56. The highest BCUT2D eigenvalue weighted by Crippen LogP contribution is 2.17. The molecule has 0 atom stereocenters. The summed E-state index contributed by atoms with van der Waals surface area (Å²) in [7, 11) is 0. The number of ether oxygens (including phenoxy) is 4. The largest absolute Gasteiger partial charge is 0.490 e. The average Bonchev–Trinajstić information content (AvgIpc) is 2.56. The summed E-state index contributed by atoms with van der Waals surface area (Å²) < 4.78 is 20.4. The third-order valence-electron chi connectivity index (χ3n) is 2.31. The minimum Gasteiger partial charge on any atom is -0.490 e. The molecule has 0 saturated heterocycles. The summed E-state index contributed by atoms with van der Waals surface area (Å²) in [6, 6.07) is 6.93. The van der Waals surface area contributed by atoms with Crippen molar-refractivity contribution < 1.29 is 28.5 Å². The fourth-order valence-corrected chi connectivity index (χ4v) is 1.54. The summed E-state index contributed by atoms with van der Waals surface area (Å²) in [5.74, 6) is 0.611. The molecule has 0 N–H and O–H groups in total. The third kappa shape index (κ3) is 8.04. The number of hydrogen-bond acceptors (Lipinski definition) is 8. The van der Waals surface area contributed by atoms with Crippen LogP contribution in [-0.4, -0.2) is 49.9 Å². The van der Waals surface area contributed by atoms with Gasteiger partial charge in [0.05, 0.1) is 11.5 Å². The SMILES string of the molecule is O=C(CS)OCCOc1ccc(OCCOC(=O)CS)cc1. The van der Waals surface area contributed by atoms with E-state index < -0.39 is 0 Å². The van der Waals surface area contributed by atoms with Crippen molar-refractivity contribution in [2.24, 2.45) is 0 Å². The zero-order valence-corrected chi connectivity index (χ0v) is 13.7. The standard InChI is InChI=1S/C14H18O6S2/c15-13(9-21)19-7-5-17-11-1-2-12(4-3-11)18-6-8-20-14(16)10-22/h1-4,21-22H,5-10H2. The lowest BCUT2D eigenvalue weighted by atomic mass is 10.3. The lowest BCUT2D eigenvalue weighted by Gasteiger charge is -2.09. The first-order valence-corrected chi connectivity index (χ1v) is 7.81. The van der Waals surface area contributed by atoms with E-state index in [1.54, 1.807) is 24.3 Å². The molecule has 0 bridgehead atoms. The monoisotopic (exact) mass is 346 g/mol. The molecule has 22 heavy (non-hydrogen) atoms. The van der Waals surface area contributed by atoms with E-state index in [-0.39, 0.29) is 49.9 Å². The van der Waals surface area contributed by atoms with Crippen molar-refractivity contribution in [3.8, 4) is 11.5 Å². The van der Waals surface area contributed by atoms with Gasteiger partial charge in [-0.05, 0) is 24.3 Å². The van der Waals surface area contributed by atoms with Crippen LogP contribution in [0, 0.1) is 0 Å². The first-order chi connectivity index (χ1) is 10.7. The average molecular weight is 346 g/mol. The predicted molar refractivity (Wildman–Crippen MR) is 87.1 cm³/mol. The zero-order valence-electron chi connectivity index (χ0n) is 11.9. The van der Waals surface area contributed by atoms with Gasteiger partial charge in [-0.25, -0.2) is 0 Å². The van der Waals surface area contributed by atoms with Crippen LogP contribution < -0.4 is 9.47 Å². The summed E-state index contributed by atoms with van der Waals surface area (Å²) in [6.07, 6.45) is 0. The molecule has 0 aliphatic rings. The summed E-state index contributed by atoms with van der Waals surface area (Å²) in [5.41, 5.74) is 0. The molecule has 0 unspecified atom stereocenters. The lowest BCUT2D eigenvalue weighted by molar-refractivity contribution is -0.142. The Labute approximate surface area is 139 Å². The van der Waals surface area contributed by atoms with Gasteiger partial charge in [0.2, 0.25) is 0 Å². The Morgan fingerprint density at radius 2 is 1.09 bits per heavy atom. The van der Waals surface area contributed by atoms with Gasteiger partial charge in [0.1, 0.15) is 37.9 Å². The minimum absolute atomic E-state index is 0.0509. The molecule has 0 saturated carbocycles. The Morgan fingerprint density at radius 3 is 1.41 bits per heavy atom. The highest BCUT2D eigenvalue weighted by molar-refractivity contribution is 7.81. The molecule has 6 nitrogen and oxygen atoms in total. The maximum Gasteiger partial charge on any atom is 0.315 e. The Bertz CT molecular complexity index is 420. The van der Waals surface area contributed by atoms with Crippen LogP contribution in [0.3, 0.4) is 0 Å². The van der Waals surface area contributed by atoms with Crippen LogP contribution in [-0.2, 0) is 19.1 Å². The summed E-state index contributed by atoms with van der Waals surface area (Å²) in [5, 5.41) is 0. The molecule has 0 fully saturated rings. The molecule has 0 aromatic heterocycles. The molecule has 0 radical (unpaired) electrons. The van der Waals surface area contributed by atoms with Gasteiger partial charge in [0.15, 0.2) is 0 Å². The van der Waals surface area contributed by atoms with Crippen LogP contribution in [0.2, 0.25) is 0 Å². The van der Waals surface area contributed by atoms with Gasteiger partial charge >= 0.3 is 11.9 Å². The number of carbonyl (C=O) groups is 2. The highest BCUT2D eigenvalue weighted by atomic mass is 32.1. The normalized spacial score (nSPS) is 9.91. The lowest BCUT2D eigenvalue weighted by Crippen LogP contribution is -2.13. The van der Waals surface area contributed by atoms with Crippen LogP contribution in [0.1, 0.15) is 0 Å². The Morgan fingerprint density at radius 1 is 0.727 bits per heavy atom. The molecular formula is C14H18O6S2. The fourth-order valence-electron chi connectivity index (χ4n) is 1.35. The van der Waals surface area contributed by atoms with Gasteiger partial charge in [-0.1, -0.05) is 0 Å². The van der Waals surface area contributed by atoms with Crippen LogP contribution >= 0.6 is 25.3 Å². The highest BCUT2D eigenvalue weighted by Gasteiger charge is 2.01. The van der Waals surface area contributed by atoms with Crippen molar-refractivity contribution in [1.29, 1.82) is 0 Å². The van der Waals surface area contributed by atoms with Crippen LogP contribution in [0.5, 0.6) is 11.5 Å². The van der Waals surface area contributed by atoms with Crippen LogP contribution in [0.25, 0.3) is 0 Å². The molecule has 0 aliphatic carbocycles. The molecule has 122 valence electrons. The van der Waals surface area contributed by atoms with Crippen LogP contribution in [0.15, 0.2) is 24.3 Å². The van der Waals surface area contributed by atoms with Gasteiger partial charge < -0.3 is 18.9 Å². The third-order valence-corrected chi connectivity index (χ3v) is 2.83. The molecule has 1 aromatic rings. The number of esters is 2. The summed E-state index contributed by atoms with van der Waals surface area (Å²) >= 11 is 7.58. The molecule has 8 heteroatoms. The van der Waals surface area contributed by atoms with E-state index in [1.807, 2.05) is 0 Å². The number of benzene rings is 1. The zero-order chi connectivity index (χ0) is 16.2. The van der Waals surface area contributed by atoms with E-state index in [9.17, 15) is 9.59 Å². The van der Waals surface area contributed by atoms with Crippen molar-refractivity contribution >= 4 is 37.2 Å². The van der Waals surface area contributed by atoms with Gasteiger partial charge in [-0.3, -0.25) is 9.59 Å². The van der Waals surface area contributed by atoms with Crippen molar-refractivity contribution in [2.75, 3.05) is 37.9 Å². The predicted octanol–water partition coefficient (Wildman–Crippen LogP) is 1.39. The van der Waals surface area contributed by atoms with Crippen molar-refractivity contribution in [3.05, 3.63) is 24.3 Å². The summed E-state index contributed by atoms with van der Waals surface area (Å²) in [4.78, 5) is 21.7. The number of rotatable bonds is 10. The maximum absolute atomic E-state index is 10.8. The molecule has 0 heterocycles. The fraction of sp³-hybridized carbons (Fsp3) is 0.429. The minimum atomic E-state index is -0.380. The van der Waals surface area contributed by atoms with Gasteiger partial charge in [0.25, 0.3) is 0 Å². The van der Waals surface area contributed by atoms with E-state index >= 15 is 0 Å². The second-order valence-electron chi connectivity index (χ2n) is 3.93. The molecule has 0 aliphatic heterocycles. The number of hydrogen-bond donors (Lipinski definition) is 2. The first-order valence-electron chi connectivity index (χ1n) is 6.54. The van der Waals surface area contributed by atoms with Gasteiger partial charge in [-0.15, -0.1) is 0 Å². The molecule has 0 spiro atoms. The van der Waals surface area contributed by atoms with E-state index in [4.69, 9.17) is 18.9 Å².